The summed E-state index contributed by atoms with van der Waals surface area (Å²) in [5.74, 6) is 0.291. The zero-order chi connectivity index (χ0) is 15.7. The van der Waals surface area contributed by atoms with E-state index in [0.29, 0.717) is 5.82 Å². The molecule has 22 heavy (non-hydrogen) atoms. The molecule has 2 aromatic heterocycles. The van der Waals surface area contributed by atoms with Gasteiger partial charge in [0.2, 0.25) is 5.28 Å². The van der Waals surface area contributed by atoms with Crippen LogP contribution in [0.1, 0.15) is 5.69 Å². The summed E-state index contributed by atoms with van der Waals surface area (Å²) in [5.41, 5.74) is 2.62. The number of nitrogens with zero attached hydrogens (tertiary/aromatic N) is 3. The lowest BCUT2D eigenvalue weighted by Gasteiger charge is -2.07. The maximum atomic E-state index is 10.6. The Morgan fingerprint density at radius 2 is 2.00 bits per heavy atom. The van der Waals surface area contributed by atoms with Gasteiger partial charge in [-0.1, -0.05) is 12.1 Å². The summed E-state index contributed by atoms with van der Waals surface area (Å²) in [5, 5.41) is 12.9. The first-order chi connectivity index (χ1) is 10.5. The van der Waals surface area contributed by atoms with Crippen molar-refractivity contribution in [1.29, 1.82) is 0 Å². The molecule has 0 saturated heterocycles. The van der Waals surface area contributed by atoms with Gasteiger partial charge >= 0.3 is 6.09 Å². The van der Waals surface area contributed by atoms with Crippen LogP contribution < -0.4 is 5.32 Å². The second-order valence-corrected chi connectivity index (χ2v) is 5.04. The normalized spacial score (nSPS) is 10.6. The van der Waals surface area contributed by atoms with Gasteiger partial charge in [-0.25, -0.2) is 19.7 Å². The van der Waals surface area contributed by atoms with Gasteiger partial charge in [-0.15, -0.1) is 0 Å². The highest BCUT2D eigenvalue weighted by molar-refractivity contribution is 6.28. The molecule has 0 spiro atoms. The largest absolute Gasteiger partial charge is 0.465 e. The first-order valence-electron chi connectivity index (χ1n) is 6.42. The van der Waals surface area contributed by atoms with Gasteiger partial charge in [-0.05, 0) is 41.6 Å². The monoisotopic (exact) mass is 314 g/mol. The maximum Gasteiger partial charge on any atom is 0.410 e. The van der Waals surface area contributed by atoms with Crippen LogP contribution in [0.4, 0.5) is 10.6 Å². The van der Waals surface area contributed by atoms with Gasteiger partial charge in [-0.3, -0.25) is 5.32 Å². The Kier molecular flexibility index (Phi) is 3.60. The molecule has 0 aliphatic carbocycles. The van der Waals surface area contributed by atoms with Gasteiger partial charge in [0, 0.05) is 23.3 Å². The van der Waals surface area contributed by atoms with Crippen LogP contribution in [0.3, 0.4) is 0 Å². The number of hydrogen-bond donors (Lipinski definition) is 2. The number of rotatable bonds is 2. The number of amides is 1. The van der Waals surface area contributed by atoms with Gasteiger partial charge < -0.3 is 5.11 Å². The highest BCUT2D eigenvalue weighted by atomic mass is 35.5. The summed E-state index contributed by atoms with van der Waals surface area (Å²) in [7, 11) is 0. The second-order valence-electron chi connectivity index (χ2n) is 4.70. The molecule has 2 N–H and O–H groups in total. The molecular formula is C15H11ClN4O2. The summed E-state index contributed by atoms with van der Waals surface area (Å²) < 4.78 is 0. The zero-order valence-electron chi connectivity index (χ0n) is 11.5. The molecule has 0 aliphatic heterocycles. The molecular weight excluding hydrogens is 304 g/mol. The van der Waals surface area contributed by atoms with Crippen LogP contribution in [0.15, 0.2) is 36.7 Å². The smallest absolute Gasteiger partial charge is 0.410 e. The van der Waals surface area contributed by atoms with Gasteiger partial charge in [0.25, 0.3) is 0 Å². The average Bonchev–Trinajstić information content (AvgIpc) is 2.46. The van der Waals surface area contributed by atoms with Crippen LogP contribution in [0.5, 0.6) is 0 Å². The highest BCUT2D eigenvalue weighted by Crippen LogP contribution is 2.27. The lowest BCUT2D eigenvalue weighted by atomic mass is 10.0. The van der Waals surface area contributed by atoms with Gasteiger partial charge in [0.1, 0.15) is 5.82 Å². The molecule has 2 heterocycles. The number of carbonyl (C=O) groups is 1. The number of aromatic nitrogens is 3. The summed E-state index contributed by atoms with van der Waals surface area (Å²) >= 11 is 5.77. The van der Waals surface area contributed by atoms with E-state index < -0.39 is 6.09 Å². The summed E-state index contributed by atoms with van der Waals surface area (Å²) in [6.07, 6.45) is 2.16. The summed E-state index contributed by atoms with van der Waals surface area (Å²) in [6.45, 7) is 1.87. The van der Waals surface area contributed by atoms with Crippen molar-refractivity contribution in [3.8, 4) is 11.1 Å². The number of benzene rings is 1. The van der Waals surface area contributed by atoms with Crippen LogP contribution >= 0.6 is 11.6 Å². The number of halogens is 1. The van der Waals surface area contributed by atoms with E-state index in [0.717, 1.165) is 27.6 Å². The van der Waals surface area contributed by atoms with Gasteiger partial charge in [-0.2, -0.15) is 0 Å². The Hall–Kier alpha value is -2.73. The number of pyridine rings is 1. The quantitative estimate of drug-likeness (QED) is 0.703. The Labute approximate surface area is 130 Å². The fourth-order valence-corrected chi connectivity index (χ4v) is 2.38. The third kappa shape index (κ3) is 2.82. The van der Waals surface area contributed by atoms with Crippen LogP contribution in [0, 0.1) is 6.92 Å². The molecule has 0 unspecified atom stereocenters. The Morgan fingerprint density at radius 3 is 2.73 bits per heavy atom. The Morgan fingerprint density at radius 1 is 1.18 bits per heavy atom. The second kappa shape index (κ2) is 5.57. The average molecular weight is 315 g/mol. The minimum atomic E-state index is -1.14. The number of fused-ring (bicyclic) bond motifs is 1. The fourth-order valence-electron chi connectivity index (χ4n) is 2.21. The Balaban J connectivity index is 2.04. The maximum absolute atomic E-state index is 10.6. The van der Waals surface area contributed by atoms with E-state index in [1.807, 2.05) is 25.1 Å². The van der Waals surface area contributed by atoms with Crippen LogP contribution in [-0.4, -0.2) is 26.2 Å². The van der Waals surface area contributed by atoms with Crippen molar-refractivity contribution >= 4 is 34.3 Å². The van der Waals surface area contributed by atoms with E-state index in [1.165, 1.54) is 0 Å². The predicted octanol–water partition coefficient (Wildman–Crippen LogP) is 3.74. The molecule has 0 aliphatic rings. The molecule has 3 rings (SSSR count). The molecule has 0 saturated carbocycles. The molecule has 0 radical (unpaired) electrons. The SMILES string of the molecule is Cc1nc(Cl)ncc1-c1ccc2cc(NC(=O)O)ncc2c1. The van der Waals surface area contributed by atoms with Gasteiger partial charge in [0.15, 0.2) is 0 Å². The minimum absolute atomic E-state index is 0.216. The van der Waals surface area contributed by atoms with Crippen molar-refractivity contribution in [2.24, 2.45) is 0 Å². The van der Waals surface area contributed by atoms with Crippen molar-refractivity contribution in [3.63, 3.8) is 0 Å². The van der Waals surface area contributed by atoms with Crippen LogP contribution in [0.25, 0.3) is 21.9 Å². The van der Waals surface area contributed by atoms with Crippen molar-refractivity contribution < 1.29 is 9.90 Å². The topological polar surface area (TPSA) is 88.0 Å². The molecule has 0 bridgehead atoms. The molecule has 7 heteroatoms. The summed E-state index contributed by atoms with van der Waals surface area (Å²) in [4.78, 5) is 22.9. The van der Waals surface area contributed by atoms with E-state index in [-0.39, 0.29) is 5.28 Å². The highest BCUT2D eigenvalue weighted by Gasteiger charge is 2.07. The molecule has 1 amide bonds. The number of carboxylic acid groups (broad SMARTS) is 1. The molecule has 110 valence electrons. The van der Waals surface area contributed by atoms with E-state index in [9.17, 15) is 4.79 Å². The summed E-state index contributed by atoms with van der Waals surface area (Å²) in [6, 6.07) is 7.45. The van der Waals surface area contributed by atoms with E-state index in [1.54, 1.807) is 18.5 Å². The third-order valence-corrected chi connectivity index (χ3v) is 3.40. The first kappa shape index (κ1) is 14.2. The van der Waals surface area contributed by atoms with Crippen LogP contribution in [0.2, 0.25) is 5.28 Å². The van der Waals surface area contributed by atoms with E-state index in [2.05, 4.69) is 20.3 Å². The molecule has 6 nitrogen and oxygen atoms in total. The van der Waals surface area contributed by atoms with Crippen LogP contribution in [-0.2, 0) is 0 Å². The molecule has 0 atom stereocenters. The standard InChI is InChI=1S/C15H11ClN4O2/c1-8-12(7-18-14(16)19-8)10-3-2-9-5-13(20-15(21)22)17-6-11(9)4-10/h2-7H,1H3,(H,17,20)(H,21,22). The van der Waals surface area contributed by atoms with Crippen molar-refractivity contribution in [3.05, 3.63) is 47.6 Å². The number of hydrogen-bond acceptors (Lipinski definition) is 4. The molecule has 3 aromatic rings. The minimum Gasteiger partial charge on any atom is -0.465 e. The van der Waals surface area contributed by atoms with Gasteiger partial charge in [0.05, 0.1) is 5.69 Å². The van der Waals surface area contributed by atoms with E-state index in [4.69, 9.17) is 16.7 Å². The Bertz CT molecular complexity index is 883. The lowest BCUT2D eigenvalue weighted by molar-refractivity contribution is 0.209. The van der Waals surface area contributed by atoms with E-state index >= 15 is 0 Å². The third-order valence-electron chi connectivity index (χ3n) is 3.22. The van der Waals surface area contributed by atoms with Crippen molar-refractivity contribution in [2.45, 2.75) is 6.92 Å². The van der Waals surface area contributed by atoms with Crippen molar-refractivity contribution in [2.75, 3.05) is 5.32 Å². The molecule has 1 aromatic carbocycles. The fraction of sp³-hybridized carbons (Fsp3) is 0.0667. The number of anilines is 1. The predicted molar refractivity (Wildman–Crippen MR) is 84.2 cm³/mol. The molecule has 0 fully saturated rings. The van der Waals surface area contributed by atoms with Crippen molar-refractivity contribution in [1.82, 2.24) is 15.0 Å². The first-order valence-corrected chi connectivity index (χ1v) is 6.80. The zero-order valence-corrected chi connectivity index (χ0v) is 12.3. The number of aryl methyl sites for hydroxylation is 1. The number of nitrogens with one attached hydrogen (secondary N) is 1. The lowest BCUT2D eigenvalue weighted by Crippen LogP contribution is -2.08.